The van der Waals surface area contributed by atoms with Gasteiger partial charge in [0.2, 0.25) is 5.88 Å². The first-order valence-corrected chi connectivity index (χ1v) is 6.24. The van der Waals surface area contributed by atoms with E-state index in [9.17, 15) is 0 Å². The molecule has 1 unspecified atom stereocenters. The van der Waals surface area contributed by atoms with Crippen molar-refractivity contribution in [3.63, 3.8) is 0 Å². The van der Waals surface area contributed by atoms with Crippen LogP contribution in [0.3, 0.4) is 0 Å². The molecule has 1 aromatic rings. The molecule has 90 valence electrons. The topological polar surface area (TPSA) is 38.2 Å². The monoisotopic (exact) mass is 287 g/mol. The van der Waals surface area contributed by atoms with Crippen molar-refractivity contribution in [2.24, 2.45) is 0 Å². The van der Waals surface area contributed by atoms with E-state index in [1.165, 1.54) is 6.33 Å². The van der Waals surface area contributed by atoms with Crippen molar-refractivity contribution in [2.45, 2.75) is 31.7 Å². The summed E-state index contributed by atoms with van der Waals surface area (Å²) in [6, 6.07) is 1.86. The van der Waals surface area contributed by atoms with E-state index in [1.54, 1.807) is 0 Å². The molecule has 0 saturated heterocycles. The fourth-order valence-corrected chi connectivity index (χ4v) is 1.75. The van der Waals surface area contributed by atoms with E-state index in [0.717, 1.165) is 12.4 Å². The van der Waals surface area contributed by atoms with Gasteiger partial charge in [-0.3, -0.25) is 0 Å². The van der Waals surface area contributed by atoms with Crippen LogP contribution in [0.4, 0.5) is 5.82 Å². The van der Waals surface area contributed by atoms with Gasteiger partial charge in [0.25, 0.3) is 0 Å². The molecule has 1 heterocycles. The van der Waals surface area contributed by atoms with E-state index in [-0.39, 0.29) is 6.10 Å². The molecule has 0 amide bonds. The Morgan fingerprint density at radius 1 is 1.38 bits per heavy atom. The van der Waals surface area contributed by atoms with Crippen LogP contribution in [0.25, 0.3) is 0 Å². The van der Waals surface area contributed by atoms with Crippen LogP contribution in [0.2, 0.25) is 0 Å². The fourth-order valence-electron chi connectivity index (χ4n) is 1.32. The molecule has 0 saturated carbocycles. The lowest BCUT2D eigenvalue weighted by molar-refractivity contribution is 0.232. The fraction of sp³-hybridized carbons (Fsp3) is 0.636. The largest absolute Gasteiger partial charge is 0.475 e. The van der Waals surface area contributed by atoms with Crippen molar-refractivity contribution < 1.29 is 4.74 Å². The molecule has 1 rings (SSSR count). The van der Waals surface area contributed by atoms with Crippen molar-refractivity contribution in [1.29, 1.82) is 0 Å². The van der Waals surface area contributed by atoms with E-state index < -0.39 is 0 Å². The third kappa shape index (κ3) is 4.35. The Balaban J connectivity index is 2.73. The van der Waals surface area contributed by atoms with Gasteiger partial charge in [0, 0.05) is 24.5 Å². The van der Waals surface area contributed by atoms with Gasteiger partial charge in [0.1, 0.15) is 12.1 Å². The average molecular weight is 288 g/mol. The number of alkyl halides is 1. The Kier molecular flexibility index (Phi) is 4.99. The van der Waals surface area contributed by atoms with Gasteiger partial charge in [-0.05, 0) is 13.8 Å². The Labute approximate surface area is 105 Å². The number of hydrogen-bond donors (Lipinski definition) is 0. The molecule has 1 atom stereocenters. The van der Waals surface area contributed by atoms with E-state index in [1.807, 2.05) is 27.0 Å². The first-order chi connectivity index (χ1) is 7.49. The van der Waals surface area contributed by atoms with E-state index in [2.05, 4.69) is 37.7 Å². The number of hydrogen-bond acceptors (Lipinski definition) is 4. The second-order valence-electron chi connectivity index (χ2n) is 4.04. The van der Waals surface area contributed by atoms with Gasteiger partial charge in [-0.2, -0.15) is 0 Å². The molecule has 0 fully saturated rings. The maximum absolute atomic E-state index is 5.52. The summed E-state index contributed by atoms with van der Waals surface area (Å²) in [7, 11) is 2.00. The van der Waals surface area contributed by atoms with E-state index in [0.29, 0.717) is 10.7 Å². The molecule has 0 N–H and O–H groups in total. The minimum atomic E-state index is 0.128. The molecule has 4 nitrogen and oxygen atoms in total. The molecule has 0 aromatic carbocycles. The van der Waals surface area contributed by atoms with Gasteiger partial charge < -0.3 is 9.64 Å². The van der Waals surface area contributed by atoms with Crippen LogP contribution in [0, 0.1) is 0 Å². The maximum Gasteiger partial charge on any atom is 0.218 e. The van der Waals surface area contributed by atoms with Crippen molar-refractivity contribution in [3.8, 4) is 5.88 Å². The quantitative estimate of drug-likeness (QED) is 0.780. The van der Waals surface area contributed by atoms with Crippen LogP contribution >= 0.6 is 15.9 Å². The van der Waals surface area contributed by atoms with E-state index >= 15 is 0 Å². The third-order valence-corrected chi connectivity index (χ3v) is 2.19. The van der Waals surface area contributed by atoms with Crippen LogP contribution < -0.4 is 9.64 Å². The summed E-state index contributed by atoms with van der Waals surface area (Å²) < 4.78 is 5.52. The van der Waals surface area contributed by atoms with Gasteiger partial charge in [-0.1, -0.05) is 22.9 Å². The summed E-state index contributed by atoms with van der Waals surface area (Å²) in [4.78, 5) is 10.8. The predicted octanol–water partition coefficient (Wildman–Crippen LogP) is 2.48. The molecule has 5 heteroatoms. The van der Waals surface area contributed by atoms with E-state index in [4.69, 9.17) is 4.74 Å². The SMILES string of the molecule is CC(Br)CN(C)c1cc(OC(C)C)ncn1. The van der Waals surface area contributed by atoms with Crippen LogP contribution in [-0.4, -0.2) is 34.5 Å². The van der Waals surface area contributed by atoms with Crippen molar-refractivity contribution >= 4 is 21.7 Å². The minimum absolute atomic E-state index is 0.128. The normalized spacial score (nSPS) is 12.6. The number of ether oxygens (including phenoxy) is 1. The van der Waals surface area contributed by atoms with Gasteiger partial charge >= 0.3 is 0 Å². The summed E-state index contributed by atoms with van der Waals surface area (Å²) in [6.45, 7) is 6.94. The standard InChI is InChI=1S/C11H18BrN3O/c1-8(2)16-11-5-10(13-7-14-11)15(4)6-9(3)12/h5,7-9H,6H2,1-4H3. The predicted molar refractivity (Wildman–Crippen MR) is 69.5 cm³/mol. The zero-order valence-corrected chi connectivity index (χ0v) is 11.7. The molecular formula is C11H18BrN3O. The Bertz CT molecular complexity index is 331. The molecular weight excluding hydrogens is 270 g/mol. The molecule has 1 aromatic heterocycles. The first-order valence-electron chi connectivity index (χ1n) is 5.33. The highest BCUT2D eigenvalue weighted by molar-refractivity contribution is 9.09. The van der Waals surface area contributed by atoms with Crippen molar-refractivity contribution in [2.75, 3.05) is 18.5 Å². The summed E-state index contributed by atoms with van der Waals surface area (Å²) in [5.74, 6) is 1.49. The minimum Gasteiger partial charge on any atom is -0.475 e. The second kappa shape index (κ2) is 6.03. The molecule has 16 heavy (non-hydrogen) atoms. The highest BCUT2D eigenvalue weighted by Gasteiger charge is 2.08. The Morgan fingerprint density at radius 2 is 2.06 bits per heavy atom. The molecule has 0 aliphatic carbocycles. The molecule has 0 radical (unpaired) electrons. The van der Waals surface area contributed by atoms with Gasteiger partial charge in [0.05, 0.1) is 6.10 Å². The Hall–Kier alpha value is -0.840. The zero-order chi connectivity index (χ0) is 12.1. The van der Waals surface area contributed by atoms with Crippen LogP contribution in [-0.2, 0) is 0 Å². The number of anilines is 1. The molecule has 0 spiro atoms. The highest BCUT2D eigenvalue weighted by atomic mass is 79.9. The molecule has 0 aliphatic rings. The first kappa shape index (κ1) is 13.2. The van der Waals surface area contributed by atoms with Crippen molar-refractivity contribution in [1.82, 2.24) is 9.97 Å². The second-order valence-corrected chi connectivity index (χ2v) is 5.61. The summed E-state index contributed by atoms with van der Waals surface area (Å²) >= 11 is 3.51. The Morgan fingerprint density at radius 3 is 2.62 bits per heavy atom. The van der Waals surface area contributed by atoms with Crippen LogP contribution in [0.5, 0.6) is 5.88 Å². The number of halogens is 1. The van der Waals surface area contributed by atoms with Gasteiger partial charge in [-0.25, -0.2) is 9.97 Å². The highest BCUT2D eigenvalue weighted by Crippen LogP contribution is 2.16. The lowest BCUT2D eigenvalue weighted by atomic mass is 10.4. The smallest absolute Gasteiger partial charge is 0.218 e. The van der Waals surface area contributed by atoms with Gasteiger partial charge in [0.15, 0.2) is 0 Å². The third-order valence-electron chi connectivity index (χ3n) is 1.90. The average Bonchev–Trinajstić information content (AvgIpc) is 2.16. The summed E-state index contributed by atoms with van der Waals surface area (Å²) in [6.07, 6.45) is 1.66. The lowest BCUT2D eigenvalue weighted by Gasteiger charge is -2.20. The zero-order valence-electron chi connectivity index (χ0n) is 10.1. The summed E-state index contributed by atoms with van der Waals surface area (Å²) in [5, 5.41) is 0. The molecule has 0 aliphatic heterocycles. The molecule has 0 bridgehead atoms. The van der Waals surface area contributed by atoms with Crippen LogP contribution in [0.15, 0.2) is 12.4 Å². The summed E-state index contributed by atoms with van der Waals surface area (Å²) in [5.41, 5.74) is 0. The van der Waals surface area contributed by atoms with Crippen molar-refractivity contribution in [3.05, 3.63) is 12.4 Å². The lowest BCUT2D eigenvalue weighted by Crippen LogP contribution is -2.25. The maximum atomic E-state index is 5.52. The number of nitrogens with zero attached hydrogens (tertiary/aromatic N) is 3. The van der Waals surface area contributed by atoms with Crippen LogP contribution in [0.1, 0.15) is 20.8 Å². The van der Waals surface area contributed by atoms with Gasteiger partial charge in [-0.15, -0.1) is 0 Å². The number of rotatable bonds is 5. The number of aromatic nitrogens is 2.